The number of terminal acetylenes is 1. The van der Waals surface area contributed by atoms with E-state index < -0.39 is 11.6 Å². The van der Waals surface area contributed by atoms with Gasteiger partial charge >= 0.3 is 0 Å². The van der Waals surface area contributed by atoms with Gasteiger partial charge in [-0.15, -0.1) is 6.42 Å². The molecular formula is C17H20F2. The summed E-state index contributed by atoms with van der Waals surface area (Å²) in [5.41, 5.74) is 0.521. The van der Waals surface area contributed by atoms with Gasteiger partial charge in [0.25, 0.3) is 0 Å². The fraction of sp³-hybridized carbons (Fsp3) is 0.529. The zero-order chi connectivity index (χ0) is 13.8. The van der Waals surface area contributed by atoms with Gasteiger partial charge in [0.1, 0.15) is 11.6 Å². The Bertz CT molecular complexity index is 454. The zero-order valence-electron chi connectivity index (χ0n) is 11.4. The van der Waals surface area contributed by atoms with E-state index in [1.807, 2.05) is 0 Å². The van der Waals surface area contributed by atoms with Gasteiger partial charge in [-0.2, -0.15) is 0 Å². The van der Waals surface area contributed by atoms with E-state index in [0.29, 0.717) is 0 Å². The quantitative estimate of drug-likeness (QED) is 0.671. The highest BCUT2D eigenvalue weighted by Crippen LogP contribution is 2.38. The first kappa shape index (κ1) is 14.1. The molecule has 0 bridgehead atoms. The highest BCUT2D eigenvalue weighted by atomic mass is 19.1. The Hall–Kier alpha value is -1.36. The summed E-state index contributed by atoms with van der Waals surface area (Å²) in [5, 5.41) is 0. The normalized spacial score (nSPS) is 23.1. The van der Waals surface area contributed by atoms with Crippen molar-refractivity contribution in [1.82, 2.24) is 0 Å². The Morgan fingerprint density at radius 2 is 1.74 bits per heavy atom. The number of benzene rings is 1. The van der Waals surface area contributed by atoms with Gasteiger partial charge in [-0.1, -0.05) is 25.7 Å². The standard InChI is InChI=1S/C17H20F2/c1-3-5-12-6-8-13(9-7-12)14-10-16(18)15(4-2)17(19)11-14/h2,10-13H,3,5-9H2,1H3. The molecule has 0 nitrogen and oxygen atoms in total. The third-order valence-electron chi connectivity index (χ3n) is 4.22. The summed E-state index contributed by atoms with van der Waals surface area (Å²) in [4.78, 5) is 0. The smallest absolute Gasteiger partial charge is 0.142 e. The van der Waals surface area contributed by atoms with Crippen LogP contribution in [0, 0.1) is 29.9 Å². The number of halogens is 2. The van der Waals surface area contributed by atoms with Crippen molar-refractivity contribution in [3.05, 3.63) is 34.9 Å². The van der Waals surface area contributed by atoms with Crippen LogP contribution in [-0.4, -0.2) is 0 Å². The van der Waals surface area contributed by atoms with Crippen molar-refractivity contribution in [3.63, 3.8) is 0 Å². The van der Waals surface area contributed by atoms with E-state index in [1.165, 1.54) is 37.8 Å². The molecule has 0 radical (unpaired) electrons. The Morgan fingerprint density at radius 1 is 1.16 bits per heavy atom. The van der Waals surface area contributed by atoms with Gasteiger partial charge in [-0.25, -0.2) is 8.78 Å². The molecule has 1 saturated carbocycles. The van der Waals surface area contributed by atoms with Crippen LogP contribution in [-0.2, 0) is 0 Å². The predicted octanol–water partition coefficient (Wildman–Crippen LogP) is 5.02. The third-order valence-corrected chi connectivity index (χ3v) is 4.22. The van der Waals surface area contributed by atoms with Crippen LogP contribution in [0.15, 0.2) is 12.1 Å². The Morgan fingerprint density at radius 3 is 2.21 bits per heavy atom. The molecule has 1 fully saturated rings. The van der Waals surface area contributed by atoms with E-state index in [9.17, 15) is 8.78 Å². The van der Waals surface area contributed by atoms with Crippen LogP contribution in [0.4, 0.5) is 8.78 Å². The molecule has 0 atom stereocenters. The monoisotopic (exact) mass is 262 g/mol. The first-order valence-corrected chi connectivity index (χ1v) is 7.11. The maximum Gasteiger partial charge on any atom is 0.142 e. The lowest BCUT2D eigenvalue weighted by Crippen LogP contribution is -2.13. The molecule has 0 aromatic heterocycles. The molecule has 0 spiro atoms. The zero-order valence-corrected chi connectivity index (χ0v) is 11.4. The number of rotatable bonds is 3. The van der Waals surface area contributed by atoms with Crippen molar-refractivity contribution in [2.75, 3.05) is 0 Å². The highest BCUT2D eigenvalue weighted by Gasteiger charge is 2.23. The first-order valence-electron chi connectivity index (χ1n) is 7.11. The topological polar surface area (TPSA) is 0 Å². The van der Waals surface area contributed by atoms with Gasteiger partial charge in [0.05, 0.1) is 5.56 Å². The lowest BCUT2D eigenvalue weighted by molar-refractivity contribution is 0.307. The van der Waals surface area contributed by atoms with Crippen molar-refractivity contribution in [3.8, 4) is 12.3 Å². The van der Waals surface area contributed by atoms with Crippen LogP contribution >= 0.6 is 0 Å². The second kappa shape index (κ2) is 6.19. The second-order valence-corrected chi connectivity index (χ2v) is 5.51. The molecule has 0 aliphatic heterocycles. The fourth-order valence-corrected chi connectivity index (χ4v) is 3.16. The van der Waals surface area contributed by atoms with E-state index >= 15 is 0 Å². The molecule has 0 amide bonds. The van der Waals surface area contributed by atoms with Gasteiger partial charge in [0.2, 0.25) is 0 Å². The van der Waals surface area contributed by atoms with Crippen molar-refractivity contribution < 1.29 is 8.78 Å². The molecule has 1 aliphatic carbocycles. The fourth-order valence-electron chi connectivity index (χ4n) is 3.16. The Kier molecular flexibility index (Phi) is 4.58. The molecule has 0 heterocycles. The van der Waals surface area contributed by atoms with E-state index in [2.05, 4.69) is 12.8 Å². The summed E-state index contributed by atoms with van der Waals surface area (Å²) in [6.45, 7) is 2.20. The predicted molar refractivity (Wildman–Crippen MR) is 73.9 cm³/mol. The minimum atomic E-state index is -0.604. The molecular weight excluding hydrogens is 242 g/mol. The summed E-state index contributed by atoms with van der Waals surface area (Å²) in [6, 6.07) is 2.84. The van der Waals surface area contributed by atoms with Crippen molar-refractivity contribution in [2.24, 2.45) is 5.92 Å². The highest BCUT2D eigenvalue weighted by molar-refractivity contribution is 5.38. The molecule has 1 aromatic carbocycles. The molecule has 0 N–H and O–H groups in total. The van der Waals surface area contributed by atoms with Gasteiger partial charge in [-0.05, 0) is 55.2 Å². The Balaban J connectivity index is 2.10. The molecule has 102 valence electrons. The Labute approximate surface area is 114 Å². The summed E-state index contributed by atoms with van der Waals surface area (Å²) in [6.07, 6.45) is 12.0. The summed E-state index contributed by atoms with van der Waals surface area (Å²) < 4.78 is 27.4. The maximum absolute atomic E-state index is 13.7. The minimum Gasteiger partial charge on any atom is -0.206 e. The number of hydrogen-bond donors (Lipinski definition) is 0. The van der Waals surface area contributed by atoms with Crippen LogP contribution in [0.3, 0.4) is 0 Å². The van der Waals surface area contributed by atoms with Crippen molar-refractivity contribution in [2.45, 2.75) is 51.4 Å². The summed E-state index contributed by atoms with van der Waals surface area (Å²) >= 11 is 0. The summed E-state index contributed by atoms with van der Waals surface area (Å²) in [5.74, 6) is 1.93. The average Bonchev–Trinajstić information content (AvgIpc) is 2.39. The van der Waals surface area contributed by atoms with Gasteiger partial charge in [-0.3, -0.25) is 0 Å². The van der Waals surface area contributed by atoms with Crippen LogP contribution in [0.2, 0.25) is 0 Å². The molecule has 1 aromatic rings. The van der Waals surface area contributed by atoms with E-state index in [1.54, 1.807) is 0 Å². The third kappa shape index (κ3) is 3.15. The van der Waals surface area contributed by atoms with Crippen LogP contribution in [0.1, 0.15) is 62.5 Å². The maximum atomic E-state index is 13.7. The van der Waals surface area contributed by atoms with E-state index in [0.717, 1.165) is 24.3 Å². The second-order valence-electron chi connectivity index (χ2n) is 5.51. The molecule has 0 unspecified atom stereocenters. The van der Waals surface area contributed by atoms with Gasteiger partial charge < -0.3 is 0 Å². The van der Waals surface area contributed by atoms with Crippen molar-refractivity contribution in [1.29, 1.82) is 0 Å². The lowest BCUT2D eigenvalue weighted by atomic mass is 9.77. The van der Waals surface area contributed by atoms with Gasteiger partial charge in [0.15, 0.2) is 0 Å². The SMILES string of the molecule is C#Cc1c(F)cc(C2CCC(CCC)CC2)cc1F. The van der Waals surface area contributed by atoms with Crippen molar-refractivity contribution >= 4 is 0 Å². The van der Waals surface area contributed by atoms with Crippen LogP contribution in [0.5, 0.6) is 0 Å². The average molecular weight is 262 g/mol. The molecule has 2 rings (SSSR count). The molecule has 2 heteroatoms. The van der Waals surface area contributed by atoms with Gasteiger partial charge in [0, 0.05) is 0 Å². The molecule has 1 aliphatic rings. The van der Waals surface area contributed by atoms with Crippen LogP contribution < -0.4 is 0 Å². The lowest BCUT2D eigenvalue weighted by Gasteiger charge is -2.28. The number of hydrogen-bond acceptors (Lipinski definition) is 0. The summed E-state index contributed by atoms with van der Waals surface area (Å²) in [7, 11) is 0. The molecule has 19 heavy (non-hydrogen) atoms. The largest absolute Gasteiger partial charge is 0.206 e. The van der Waals surface area contributed by atoms with Crippen LogP contribution in [0.25, 0.3) is 0 Å². The van der Waals surface area contributed by atoms with E-state index in [4.69, 9.17) is 6.42 Å². The minimum absolute atomic E-state index is 0.247. The first-order chi connectivity index (χ1) is 9.15. The van der Waals surface area contributed by atoms with E-state index in [-0.39, 0.29) is 11.5 Å². The molecule has 0 saturated heterocycles.